The van der Waals surface area contributed by atoms with Crippen molar-refractivity contribution < 1.29 is 0 Å². The van der Waals surface area contributed by atoms with Crippen LogP contribution in [0.15, 0.2) is 28.7 Å². The molecule has 0 atom stereocenters. The number of hydrogen-bond acceptors (Lipinski definition) is 1. The van der Waals surface area contributed by atoms with Gasteiger partial charge in [0.15, 0.2) is 0 Å². The van der Waals surface area contributed by atoms with Gasteiger partial charge in [0, 0.05) is 11.0 Å². The highest BCUT2D eigenvalue weighted by atomic mass is 79.9. The monoisotopic (exact) mass is 225 g/mol. The molecule has 0 aromatic heterocycles. The maximum Gasteiger partial charge on any atom is 0.0247 e. The highest BCUT2D eigenvalue weighted by molar-refractivity contribution is 9.10. The van der Waals surface area contributed by atoms with Crippen LogP contribution in [0.3, 0.4) is 0 Å². The molecule has 1 rings (SSSR count). The van der Waals surface area contributed by atoms with Gasteiger partial charge in [-0.2, -0.15) is 0 Å². The van der Waals surface area contributed by atoms with Gasteiger partial charge < -0.3 is 5.73 Å². The lowest BCUT2D eigenvalue weighted by Gasteiger charge is -1.99. The second-order valence-electron chi connectivity index (χ2n) is 2.66. The van der Waals surface area contributed by atoms with Crippen molar-refractivity contribution in [1.29, 1.82) is 0 Å². The lowest BCUT2D eigenvalue weighted by atomic mass is 10.1. The van der Waals surface area contributed by atoms with Gasteiger partial charge in [0.2, 0.25) is 0 Å². The SMILES string of the molecule is Cc1ccc(Br)c(/C=C/CN)c1. The van der Waals surface area contributed by atoms with Crippen molar-refractivity contribution in [2.45, 2.75) is 6.92 Å². The minimum Gasteiger partial charge on any atom is -0.327 e. The fraction of sp³-hybridized carbons (Fsp3) is 0.200. The lowest BCUT2D eigenvalue weighted by molar-refractivity contribution is 1.26. The molecule has 0 bridgehead atoms. The third-order valence-corrected chi connectivity index (χ3v) is 2.31. The molecule has 0 saturated carbocycles. The van der Waals surface area contributed by atoms with Gasteiger partial charge in [-0.3, -0.25) is 0 Å². The molecular weight excluding hydrogens is 214 g/mol. The summed E-state index contributed by atoms with van der Waals surface area (Å²) in [6.45, 7) is 2.66. The average Bonchev–Trinajstić information content (AvgIpc) is 2.07. The molecule has 0 fully saturated rings. The first-order valence-electron chi connectivity index (χ1n) is 3.87. The summed E-state index contributed by atoms with van der Waals surface area (Å²) in [6, 6.07) is 6.24. The fourth-order valence-electron chi connectivity index (χ4n) is 0.986. The van der Waals surface area contributed by atoms with Crippen LogP contribution in [0, 0.1) is 6.92 Å². The van der Waals surface area contributed by atoms with Crippen LogP contribution in [0.4, 0.5) is 0 Å². The van der Waals surface area contributed by atoms with Gasteiger partial charge in [-0.1, -0.05) is 45.8 Å². The Morgan fingerprint density at radius 3 is 2.92 bits per heavy atom. The Balaban J connectivity index is 2.97. The van der Waals surface area contributed by atoms with E-state index >= 15 is 0 Å². The largest absolute Gasteiger partial charge is 0.327 e. The van der Waals surface area contributed by atoms with E-state index in [1.165, 1.54) is 11.1 Å². The van der Waals surface area contributed by atoms with E-state index in [0.717, 1.165) is 4.47 Å². The molecule has 2 heteroatoms. The Morgan fingerprint density at radius 1 is 1.50 bits per heavy atom. The van der Waals surface area contributed by atoms with E-state index in [1.807, 2.05) is 18.2 Å². The average molecular weight is 226 g/mol. The van der Waals surface area contributed by atoms with Gasteiger partial charge >= 0.3 is 0 Å². The second-order valence-corrected chi connectivity index (χ2v) is 3.52. The molecular formula is C10H12BrN. The maximum atomic E-state index is 5.36. The van der Waals surface area contributed by atoms with Crippen LogP contribution in [-0.2, 0) is 0 Å². The number of benzene rings is 1. The Bertz CT molecular complexity index is 292. The van der Waals surface area contributed by atoms with Crippen LogP contribution in [0.5, 0.6) is 0 Å². The Morgan fingerprint density at radius 2 is 2.25 bits per heavy atom. The number of halogens is 1. The third kappa shape index (κ3) is 2.47. The summed E-state index contributed by atoms with van der Waals surface area (Å²) in [5, 5.41) is 0. The van der Waals surface area contributed by atoms with Crippen molar-refractivity contribution in [2.24, 2.45) is 5.73 Å². The van der Waals surface area contributed by atoms with Gasteiger partial charge in [0.05, 0.1) is 0 Å². The summed E-state index contributed by atoms with van der Waals surface area (Å²) < 4.78 is 1.11. The number of hydrogen-bond donors (Lipinski definition) is 1. The number of rotatable bonds is 2. The molecule has 0 aliphatic rings. The van der Waals surface area contributed by atoms with Gasteiger partial charge in [-0.25, -0.2) is 0 Å². The van der Waals surface area contributed by atoms with Crippen molar-refractivity contribution in [3.8, 4) is 0 Å². The highest BCUT2D eigenvalue weighted by Gasteiger charge is 1.94. The van der Waals surface area contributed by atoms with E-state index in [0.29, 0.717) is 6.54 Å². The second kappa shape index (κ2) is 4.43. The molecule has 1 nitrogen and oxygen atoms in total. The summed E-state index contributed by atoms with van der Waals surface area (Å²) in [4.78, 5) is 0. The van der Waals surface area contributed by atoms with E-state index in [4.69, 9.17) is 5.73 Å². The first-order chi connectivity index (χ1) is 5.74. The lowest BCUT2D eigenvalue weighted by Crippen LogP contribution is -1.92. The zero-order valence-electron chi connectivity index (χ0n) is 7.05. The normalized spacial score (nSPS) is 10.9. The van der Waals surface area contributed by atoms with Crippen LogP contribution in [0.25, 0.3) is 6.08 Å². The molecule has 0 amide bonds. The Kier molecular flexibility index (Phi) is 3.50. The van der Waals surface area contributed by atoms with Gasteiger partial charge in [-0.05, 0) is 18.6 Å². The zero-order chi connectivity index (χ0) is 8.97. The maximum absolute atomic E-state index is 5.36. The third-order valence-electron chi connectivity index (χ3n) is 1.58. The van der Waals surface area contributed by atoms with Gasteiger partial charge in [0.25, 0.3) is 0 Å². The van der Waals surface area contributed by atoms with Crippen molar-refractivity contribution in [3.63, 3.8) is 0 Å². The topological polar surface area (TPSA) is 26.0 Å². The van der Waals surface area contributed by atoms with Crippen LogP contribution in [0.1, 0.15) is 11.1 Å². The molecule has 1 aromatic carbocycles. The number of nitrogens with two attached hydrogens (primary N) is 1. The molecule has 0 aliphatic heterocycles. The zero-order valence-corrected chi connectivity index (χ0v) is 8.64. The molecule has 2 N–H and O–H groups in total. The van der Waals surface area contributed by atoms with Crippen LogP contribution in [0.2, 0.25) is 0 Å². The van der Waals surface area contributed by atoms with E-state index in [9.17, 15) is 0 Å². The molecule has 0 spiro atoms. The molecule has 0 radical (unpaired) electrons. The summed E-state index contributed by atoms with van der Waals surface area (Å²) in [6.07, 6.45) is 3.97. The van der Waals surface area contributed by atoms with E-state index in [1.54, 1.807) is 0 Å². The molecule has 12 heavy (non-hydrogen) atoms. The molecule has 64 valence electrons. The Labute approximate surface area is 81.4 Å². The van der Waals surface area contributed by atoms with Crippen LogP contribution >= 0.6 is 15.9 Å². The minimum absolute atomic E-state index is 0.584. The quantitative estimate of drug-likeness (QED) is 0.824. The first-order valence-corrected chi connectivity index (χ1v) is 4.66. The molecule has 0 unspecified atom stereocenters. The number of aryl methyl sites for hydroxylation is 1. The predicted octanol–water partition coefficient (Wildman–Crippen LogP) is 2.73. The van der Waals surface area contributed by atoms with Crippen molar-refractivity contribution in [1.82, 2.24) is 0 Å². The summed E-state index contributed by atoms with van der Waals surface area (Å²) in [5.74, 6) is 0. The van der Waals surface area contributed by atoms with Crippen molar-refractivity contribution >= 4 is 22.0 Å². The van der Waals surface area contributed by atoms with Crippen LogP contribution < -0.4 is 5.73 Å². The summed E-state index contributed by atoms with van der Waals surface area (Å²) in [7, 11) is 0. The predicted molar refractivity (Wildman–Crippen MR) is 57.0 cm³/mol. The minimum atomic E-state index is 0.584. The Hall–Kier alpha value is -0.600. The molecule has 0 saturated heterocycles. The van der Waals surface area contributed by atoms with E-state index < -0.39 is 0 Å². The fourth-order valence-corrected chi connectivity index (χ4v) is 1.36. The van der Waals surface area contributed by atoms with Gasteiger partial charge in [0.1, 0.15) is 0 Å². The molecule has 1 aromatic rings. The molecule has 0 heterocycles. The first kappa shape index (κ1) is 9.49. The smallest absolute Gasteiger partial charge is 0.0247 e. The highest BCUT2D eigenvalue weighted by Crippen LogP contribution is 2.19. The summed E-state index contributed by atoms with van der Waals surface area (Å²) in [5.41, 5.74) is 7.80. The van der Waals surface area contributed by atoms with Crippen molar-refractivity contribution in [3.05, 3.63) is 39.9 Å². The summed E-state index contributed by atoms with van der Waals surface area (Å²) >= 11 is 3.47. The van der Waals surface area contributed by atoms with Gasteiger partial charge in [-0.15, -0.1) is 0 Å². The van der Waals surface area contributed by atoms with E-state index in [-0.39, 0.29) is 0 Å². The van der Waals surface area contributed by atoms with Crippen LogP contribution in [-0.4, -0.2) is 6.54 Å². The van der Waals surface area contributed by atoms with Crippen molar-refractivity contribution in [2.75, 3.05) is 6.54 Å². The standard InChI is InChI=1S/C10H12BrN/c1-8-4-5-10(11)9(7-8)3-2-6-12/h2-5,7H,6,12H2,1H3/b3-2+. The van der Waals surface area contributed by atoms with E-state index in [2.05, 4.69) is 35.0 Å². The molecule has 0 aliphatic carbocycles.